The van der Waals surface area contributed by atoms with Crippen molar-refractivity contribution in [3.05, 3.63) is 0 Å². The van der Waals surface area contributed by atoms with E-state index in [1.807, 2.05) is 0 Å². The molecule has 0 unspecified atom stereocenters. The molecule has 3 heteroatoms. The molecule has 0 saturated carbocycles. The molecule has 0 heterocycles. The zero-order valence-electron chi connectivity index (χ0n) is 1.93. The van der Waals surface area contributed by atoms with Crippen molar-refractivity contribution >= 4 is 13.3 Å². The minimum absolute atomic E-state index is 0. The van der Waals surface area contributed by atoms with E-state index in [4.69, 9.17) is 4.79 Å². The summed E-state index contributed by atoms with van der Waals surface area (Å²) >= 11 is 0. The van der Waals surface area contributed by atoms with Gasteiger partial charge in [-0.05, 0) is 0 Å². The van der Waals surface area contributed by atoms with Crippen LogP contribution in [0.4, 0.5) is 0 Å². The van der Waals surface area contributed by atoms with Crippen LogP contribution in [0.15, 0.2) is 0 Å². The molecular formula is CHBNiO. The van der Waals surface area contributed by atoms with Crippen molar-refractivity contribution in [2.45, 2.75) is 0 Å². The Kier molecular flexibility index (Phi) is 24.7. The van der Waals surface area contributed by atoms with E-state index in [1.54, 1.807) is 0 Å². The van der Waals surface area contributed by atoms with Crippen molar-refractivity contribution in [2.24, 2.45) is 0 Å². The van der Waals surface area contributed by atoms with Gasteiger partial charge in [0.15, 0.2) is 0 Å². The fourth-order valence-electron chi connectivity index (χ4n) is 0. The summed E-state index contributed by atoms with van der Waals surface area (Å²) in [5, 5.41) is 0. The largest absolute Gasteiger partial charge is 0 e. The Morgan fingerprint density at radius 2 is 1.75 bits per heavy atom. The predicted octanol–water partition coefficient (Wildman–Crippen LogP) is -1.05. The zero-order valence-corrected chi connectivity index (χ0v) is 2.92. The molecule has 0 saturated heterocycles. The smallest absolute Gasteiger partial charge is 0 e. The van der Waals surface area contributed by atoms with Crippen LogP contribution in [-0.4, -0.2) is 13.3 Å². The number of rotatable bonds is 0. The SMILES string of the molecule is B=C=O.[Ni]. The van der Waals surface area contributed by atoms with Crippen LogP contribution < -0.4 is 0 Å². The van der Waals surface area contributed by atoms with Crippen LogP contribution in [0, 0.1) is 0 Å². The molecular weight excluding hydrogens is 97.5 g/mol. The second-order valence-electron chi connectivity index (χ2n) is 0.144. The fourth-order valence-corrected chi connectivity index (χ4v) is 0. The van der Waals surface area contributed by atoms with Crippen molar-refractivity contribution in [2.75, 3.05) is 0 Å². The van der Waals surface area contributed by atoms with E-state index >= 15 is 0 Å². The van der Waals surface area contributed by atoms with E-state index in [9.17, 15) is 0 Å². The zero-order chi connectivity index (χ0) is 2.71. The molecule has 0 aliphatic rings. The van der Waals surface area contributed by atoms with Crippen molar-refractivity contribution in [1.29, 1.82) is 0 Å². The maximum atomic E-state index is 8.57. The van der Waals surface area contributed by atoms with E-state index in [0.29, 0.717) is 0 Å². The summed E-state index contributed by atoms with van der Waals surface area (Å²) in [6.07, 6.45) is 0. The average Bonchev–Trinajstić information content (AvgIpc) is 0.918. The normalized spacial score (nSPS) is 1.75. The van der Waals surface area contributed by atoms with Gasteiger partial charge in [-0.3, -0.25) is 0 Å². The first-order chi connectivity index (χ1) is 1.41. The van der Waals surface area contributed by atoms with Gasteiger partial charge in [-0.1, -0.05) is 0 Å². The molecule has 0 N–H and O–H groups in total. The molecule has 0 aliphatic heterocycles. The topological polar surface area (TPSA) is 17.1 Å². The van der Waals surface area contributed by atoms with E-state index in [-0.39, 0.29) is 16.5 Å². The molecule has 0 spiro atoms. The van der Waals surface area contributed by atoms with Crippen LogP contribution in [0.3, 0.4) is 0 Å². The third-order valence-electron chi connectivity index (χ3n) is 0. The summed E-state index contributed by atoms with van der Waals surface area (Å²) in [4.78, 5) is 8.57. The van der Waals surface area contributed by atoms with Gasteiger partial charge in [-0.2, -0.15) is 0 Å². The minimum atomic E-state index is 0. The van der Waals surface area contributed by atoms with Crippen LogP contribution in [0.25, 0.3) is 0 Å². The molecule has 4 heavy (non-hydrogen) atoms. The molecule has 0 aromatic carbocycles. The van der Waals surface area contributed by atoms with Crippen LogP contribution in [0.5, 0.6) is 0 Å². The molecule has 1 nitrogen and oxygen atoms in total. The predicted molar refractivity (Wildman–Crippen MR) is 12.8 cm³/mol. The van der Waals surface area contributed by atoms with E-state index in [1.165, 1.54) is 5.83 Å². The number of hydrogen-bond acceptors (Lipinski definition) is 1. The average molecular weight is 98.5 g/mol. The van der Waals surface area contributed by atoms with Crippen molar-refractivity contribution in [3.63, 3.8) is 0 Å². The van der Waals surface area contributed by atoms with Gasteiger partial charge >= 0.3 is 18.1 Å². The Labute approximate surface area is 35.4 Å². The second-order valence-corrected chi connectivity index (χ2v) is 0.144. The van der Waals surface area contributed by atoms with Crippen LogP contribution in [0.2, 0.25) is 0 Å². The second kappa shape index (κ2) is 11.1. The maximum absolute atomic E-state index is 8.57. The summed E-state index contributed by atoms with van der Waals surface area (Å²) in [6, 6.07) is 0. The molecule has 0 aromatic heterocycles. The van der Waals surface area contributed by atoms with Crippen LogP contribution >= 0.6 is 0 Å². The summed E-state index contributed by atoms with van der Waals surface area (Å²) in [6.45, 7) is 0. The first-order valence-corrected chi connectivity index (χ1v) is 0.558. The summed E-state index contributed by atoms with van der Waals surface area (Å²) in [5.74, 6) is 1.25. The van der Waals surface area contributed by atoms with Crippen molar-refractivity contribution in [1.82, 2.24) is 0 Å². The maximum Gasteiger partial charge on any atom is 0 e. The third kappa shape index (κ3) is 145. The molecule has 0 radical (unpaired) electrons. The first kappa shape index (κ1) is 8.91. The fraction of sp³-hybridized carbons (Fsp3) is 0. The molecule has 0 atom stereocenters. The van der Waals surface area contributed by atoms with Crippen LogP contribution in [-0.2, 0) is 21.3 Å². The third-order valence-corrected chi connectivity index (χ3v) is 0. The number of carbonyl (C=O) groups excluding carboxylic acids is 1. The van der Waals surface area contributed by atoms with Gasteiger partial charge < -0.3 is 0 Å². The Morgan fingerprint density at radius 1 is 1.75 bits per heavy atom. The molecule has 24 valence electrons. The van der Waals surface area contributed by atoms with Gasteiger partial charge in [0.2, 0.25) is 0 Å². The monoisotopic (exact) mass is 97.9 g/mol. The van der Waals surface area contributed by atoms with Gasteiger partial charge in [0.1, 0.15) is 0 Å². The molecule has 0 aliphatic carbocycles. The van der Waals surface area contributed by atoms with Gasteiger partial charge in [0.05, 0.1) is 0 Å². The van der Waals surface area contributed by atoms with Crippen molar-refractivity contribution < 1.29 is 21.3 Å². The van der Waals surface area contributed by atoms with E-state index in [2.05, 4.69) is 7.49 Å². The molecule has 0 fully saturated rings. The molecule has 0 bridgehead atoms. The summed E-state index contributed by atoms with van der Waals surface area (Å²) in [7, 11) is 2.68. The quantitative estimate of drug-likeness (QED) is 0.354. The Hall–Kier alpha value is 0.138. The number of hydrogen-bond donors (Lipinski definition) is 0. The van der Waals surface area contributed by atoms with Gasteiger partial charge in [0, 0.05) is 16.5 Å². The molecule has 0 aromatic rings. The molecule has 0 amide bonds. The van der Waals surface area contributed by atoms with Gasteiger partial charge in [-0.25, -0.2) is 0 Å². The Balaban J connectivity index is 0. The Morgan fingerprint density at radius 3 is 1.75 bits per heavy atom. The standard InChI is InChI=1S/CHBO.Ni/c2-1-3;/h2H;. The Bertz CT molecular complexity index is 29.0. The van der Waals surface area contributed by atoms with Crippen LogP contribution in [0.1, 0.15) is 0 Å². The minimum Gasteiger partial charge on any atom is 0 e. The van der Waals surface area contributed by atoms with Gasteiger partial charge in [0.25, 0.3) is 0 Å². The van der Waals surface area contributed by atoms with Crippen molar-refractivity contribution in [3.8, 4) is 0 Å². The summed E-state index contributed by atoms with van der Waals surface area (Å²) < 4.78 is 0. The van der Waals surface area contributed by atoms with E-state index in [0.717, 1.165) is 0 Å². The van der Waals surface area contributed by atoms with E-state index < -0.39 is 0 Å². The first-order valence-electron chi connectivity index (χ1n) is 0.558. The molecule has 0 rings (SSSR count). The summed E-state index contributed by atoms with van der Waals surface area (Å²) in [5.41, 5.74) is 0. The van der Waals surface area contributed by atoms with Gasteiger partial charge in [-0.15, -0.1) is 0 Å².